The number of allylic oxidation sites excluding steroid dienone is 2. The zero-order chi connectivity index (χ0) is 15.6. The number of carbonyl (C=O) groups is 2. The van der Waals surface area contributed by atoms with E-state index >= 15 is 0 Å². The van der Waals surface area contributed by atoms with E-state index in [0.717, 1.165) is 6.42 Å². The predicted molar refractivity (Wildman–Crippen MR) is 78.0 cm³/mol. The molecule has 0 aromatic heterocycles. The van der Waals surface area contributed by atoms with Crippen molar-refractivity contribution in [2.75, 3.05) is 4.90 Å². The van der Waals surface area contributed by atoms with Gasteiger partial charge in [-0.2, -0.15) is 0 Å². The summed E-state index contributed by atoms with van der Waals surface area (Å²) >= 11 is 0. The Morgan fingerprint density at radius 1 is 1.14 bits per heavy atom. The topological polar surface area (TPSA) is 80.5 Å². The van der Waals surface area contributed by atoms with E-state index in [1.165, 1.54) is 17.0 Å². The van der Waals surface area contributed by atoms with Crippen molar-refractivity contribution in [1.82, 2.24) is 0 Å². The van der Waals surface area contributed by atoms with E-state index in [2.05, 4.69) is 0 Å². The van der Waals surface area contributed by atoms with Crippen molar-refractivity contribution in [1.29, 1.82) is 0 Å². The third-order valence-corrected chi connectivity index (χ3v) is 5.11. The average Bonchev–Trinajstić information content (AvgIpc) is 3.14. The molecule has 6 nitrogen and oxygen atoms in total. The Balaban J connectivity index is 1.79. The van der Waals surface area contributed by atoms with Crippen molar-refractivity contribution < 1.29 is 14.5 Å². The Kier molecular flexibility index (Phi) is 2.55. The molecule has 2 amide bonds. The number of nitro groups is 1. The predicted octanol–water partition coefficient (Wildman–Crippen LogP) is 2.21. The SMILES string of the molecule is Cc1ccc([N+](=O)[O-])cc1N1C(=O)[C@@H]2[C@H](C1=O)[C@H]1C=C[C@H]2C1. The molecule has 22 heavy (non-hydrogen) atoms. The molecule has 2 fully saturated rings. The number of carbonyl (C=O) groups excluding carboxylic acids is 2. The number of nitro benzene ring substituents is 1. The molecular weight excluding hydrogens is 284 g/mol. The lowest BCUT2D eigenvalue weighted by molar-refractivity contribution is -0.384. The van der Waals surface area contributed by atoms with Crippen molar-refractivity contribution in [2.45, 2.75) is 13.3 Å². The molecule has 1 heterocycles. The summed E-state index contributed by atoms with van der Waals surface area (Å²) in [6.45, 7) is 1.75. The van der Waals surface area contributed by atoms with Crippen LogP contribution in [0.25, 0.3) is 0 Å². The molecule has 4 rings (SSSR count). The highest BCUT2D eigenvalue weighted by Gasteiger charge is 2.59. The lowest BCUT2D eigenvalue weighted by atomic mass is 9.85. The first-order chi connectivity index (χ1) is 10.5. The number of hydrogen-bond donors (Lipinski definition) is 0. The summed E-state index contributed by atoms with van der Waals surface area (Å²) in [6.07, 6.45) is 4.93. The first-order valence-corrected chi connectivity index (χ1v) is 7.30. The highest BCUT2D eigenvalue weighted by Crippen LogP contribution is 2.53. The summed E-state index contributed by atoms with van der Waals surface area (Å²) < 4.78 is 0. The van der Waals surface area contributed by atoms with Crippen LogP contribution in [0.3, 0.4) is 0 Å². The van der Waals surface area contributed by atoms with Crippen molar-refractivity contribution in [2.24, 2.45) is 23.7 Å². The minimum absolute atomic E-state index is 0.112. The highest BCUT2D eigenvalue weighted by atomic mass is 16.6. The normalized spacial score (nSPS) is 32.0. The van der Waals surface area contributed by atoms with E-state index < -0.39 is 4.92 Å². The van der Waals surface area contributed by atoms with Gasteiger partial charge in [0.25, 0.3) is 5.69 Å². The number of benzene rings is 1. The third kappa shape index (κ3) is 1.55. The molecule has 0 radical (unpaired) electrons. The third-order valence-electron chi connectivity index (χ3n) is 5.11. The summed E-state index contributed by atoms with van der Waals surface area (Å²) in [5.74, 6) is -0.737. The van der Waals surface area contributed by atoms with E-state index in [0.29, 0.717) is 11.3 Å². The van der Waals surface area contributed by atoms with Crippen LogP contribution in [0.5, 0.6) is 0 Å². The van der Waals surface area contributed by atoms with E-state index in [4.69, 9.17) is 0 Å². The van der Waals surface area contributed by atoms with Gasteiger partial charge in [-0.3, -0.25) is 19.7 Å². The van der Waals surface area contributed by atoms with E-state index in [1.807, 2.05) is 12.2 Å². The quantitative estimate of drug-likeness (QED) is 0.363. The van der Waals surface area contributed by atoms with Crippen LogP contribution in [-0.2, 0) is 9.59 Å². The van der Waals surface area contributed by atoms with Crippen LogP contribution in [-0.4, -0.2) is 16.7 Å². The van der Waals surface area contributed by atoms with Crippen LogP contribution in [0.15, 0.2) is 30.4 Å². The molecule has 112 valence electrons. The van der Waals surface area contributed by atoms with Gasteiger partial charge < -0.3 is 0 Å². The van der Waals surface area contributed by atoms with E-state index in [-0.39, 0.29) is 41.2 Å². The summed E-state index contributed by atoms with van der Waals surface area (Å²) in [6, 6.07) is 4.28. The number of hydrogen-bond acceptors (Lipinski definition) is 4. The first kappa shape index (κ1) is 13.2. The molecule has 1 aromatic carbocycles. The number of fused-ring (bicyclic) bond motifs is 5. The second-order valence-electron chi connectivity index (χ2n) is 6.24. The number of amides is 2. The first-order valence-electron chi connectivity index (χ1n) is 7.30. The number of nitrogens with zero attached hydrogens (tertiary/aromatic N) is 2. The van der Waals surface area contributed by atoms with Crippen LogP contribution in [0.4, 0.5) is 11.4 Å². The fourth-order valence-electron chi connectivity index (χ4n) is 4.09. The molecule has 0 N–H and O–H groups in total. The minimum atomic E-state index is -0.514. The van der Waals surface area contributed by atoms with Crippen LogP contribution in [0, 0.1) is 40.7 Å². The van der Waals surface area contributed by atoms with Crippen molar-refractivity contribution in [3.05, 3.63) is 46.0 Å². The maximum Gasteiger partial charge on any atom is 0.271 e. The van der Waals surface area contributed by atoms with Gasteiger partial charge in [-0.1, -0.05) is 18.2 Å². The molecule has 1 saturated heterocycles. The fourth-order valence-corrected chi connectivity index (χ4v) is 4.09. The van der Waals surface area contributed by atoms with Gasteiger partial charge in [-0.25, -0.2) is 4.90 Å². The van der Waals surface area contributed by atoms with E-state index in [1.54, 1.807) is 13.0 Å². The van der Waals surface area contributed by atoms with Gasteiger partial charge in [0.1, 0.15) is 0 Å². The highest BCUT2D eigenvalue weighted by molar-refractivity contribution is 6.23. The van der Waals surface area contributed by atoms with Gasteiger partial charge in [0.2, 0.25) is 11.8 Å². The fraction of sp³-hybridized carbons (Fsp3) is 0.375. The number of imide groups is 1. The summed E-state index contributed by atoms with van der Waals surface area (Å²) in [4.78, 5) is 37.1. The summed E-state index contributed by atoms with van der Waals surface area (Å²) in [5.41, 5.74) is 0.921. The van der Waals surface area contributed by atoms with Crippen molar-refractivity contribution in [3.63, 3.8) is 0 Å². The maximum absolute atomic E-state index is 12.7. The molecule has 0 unspecified atom stereocenters. The van der Waals surface area contributed by atoms with E-state index in [9.17, 15) is 19.7 Å². The van der Waals surface area contributed by atoms with Crippen LogP contribution in [0.1, 0.15) is 12.0 Å². The Morgan fingerprint density at radius 3 is 2.27 bits per heavy atom. The second-order valence-corrected chi connectivity index (χ2v) is 6.24. The molecule has 6 heteroatoms. The molecule has 4 atom stereocenters. The lowest BCUT2D eigenvalue weighted by Gasteiger charge is -2.19. The maximum atomic E-state index is 12.7. The molecule has 2 bridgehead atoms. The van der Waals surface area contributed by atoms with Gasteiger partial charge in [0, 0.05) is 12.1 Å². The largest absolute Gasteiger partial charge is 0.274 e. The molecule has 2 aliphatic carbocycles. The van der Waals surface area contributed by atoms with Gasteiger partial charge in [-0.15, -0.1) is 0 Å². The average molecular weight is 298 g/mol. The smallest absolute Gasteiger partial charge is 0.271 e. The Hall–Kier alpha value is -2.50. The van der Waals surface area contributed by atoms with Crippen LogP contribution >= 0.6 is 0 Å². The molecule has 3 aliphatic rings. The van der Waals surface area contributed by atoms with Gasteiger partial charge in [-0.05, 0) is 30.7 Å². The van der Waals surface area contributed by atoms with Crippen molar-refractivity contribution in [3.8, 4) is 0 Å². The molecule has 1 aromatic rings. The zero-order valence-corrected chi connectivity index (χ0v) is 11.9. The number of rotatable bonds is 2. The van der Waals surface area contributed by atoms with Crippen LogP contribution in [0.2, 0.25) is 0 Å². The Bertz CT molecular complexity index is 725. The minimum Gasteiger partial charge on any atom is -0.274 e. The molecule has 1 aliphatic heterocycles. The summed E-state index contributed by atoms with van der Waals surface area (Å²) in [7, 11) is 0. The van der Waals surface area contributed by atoms with Gasteiger partial charge in [0.15, 0.2) is 0 Å². The Labute approximate surface area is 126 Å². The number of aryl methyl sites for hydroxylation is 1. The molecule has 1 saturated carbocycles. The van der Waals surface area contributed by atoms with Gasteiger partial charge in [0.05, 0.1) is 22.4 Å². The number of non-ortho nitro benzene ring substituents is 1. The molecule has 0 spiro atoms. The van der Waals surface area contributed by atoms with Crippen LogP contribution < -0.4 is 4.90 Å². The summed E-state index contributed by atoms with van der Waals surface area (Å²) in [5, 5.41) is 11.0. The standard InChI is InChI=1S/C16H14N2O4/c1-8-2-5-11(18(21)22)7-12(8)17-15(19)13-9-3-4-10(6-9)14(13)16(17)20/h2-5,7,9-10,13-14H,6H2,1H3/t9-,10-,13-,14+/m0/s1. The number of anilines is 1. The van der Waals surface area contributed by atoms with Crippen molar-refractivity contribution >= 4 is 23.2 Å². The second kappa shape index (κ2) is 4.25. The molecular formula is C16H14N2O4. The van der Waals surface area contributed by atoms with Gasteiger partial charge >= 0.3 is 0 Å². The lowest BCUT2D eigenvalue weighted by Crippen LogP contribution is -2.33. The monoisotopic (exact) mass is 298 g/mol. The Morgan fingerprint density at radius 2 is 1.73 bits per heavy atom. The zero-order valence-electron chi connectivity index (χ0n) is 11.9.